The van der Waals surface area contributed by atoms with Crippen LogP contribution in [0.15, 0.2) is 34.1 Å². The first-order valence-electron chi connectivity index (χ1n) is 8.76. The summed E-state index contributed by atoms with van der Waals surface area (Å²) in [7, 11) is 0. The summed E-state index contributed by atoms with van der Waals surface area (Å²) in [6.45, 7) is 2.79. The number of nitro benzene ring substituents is 1. The second-order valence-corrected chi connectivity index (χ2v) is 9.73. The predicted molar refractivity (Wildman–Crippen MR) is 117 cm³/mol. The first kappa shape index (κ1) is 21.1. The minimum absolute atomic E-state index is 0.0489. The van der Waals surface area contributed by atoms with Crippen molar-refractivity contribution >= 4 is 56.3 Å². The van der Waals surface area contributed by atoms with E-state index >= 15 is 0 Å². The molecule has 2 aromatic rings. The molecule has 0 saturated carbocycles. The highest BCUT2D eigenvalue weighted by atomic mass is 79.9. The molecule has 0 bridgehead atoms. The van der Waals surface area contributed by atoms with E-state index < -0.39 is 4.92 Å². The van der Waals surface area contributed by atoms with E-state index in [2.05, 4.69) is 27.3 Å². The smallest absolute Gasteiger partial charge is 0.293 e. The highest BCUT2D eigenvalue weighted by Crippen LogP contribution is 2.30. The van der Waals surface area contributed by atoms with Crippen molar-refractivity contribution in [3.8, 4) is 0 Å². The molecular formula is C18H20BrN3O4S2. The summed E-state index contributed by atoms with van der Waals surface area (Å²) in [4.78, 5) is 26.6. The van der Waals surface area contributed by atoms with Crippen molar-refractivity contribution in [2.24, 2.45) is 0 Å². The van der Waals surface area contributed by atoms with E-state index in [4.69, 9.17) is 4.74 Å². The fourth-order valence-electron chi connectivity index (χ4n) is 2.82. The number of nitro groups is 1. The van der Waals surface area contributed by atoms with Crippen molar-refractivity contribution in [2.45, 2.75) is 5.75 Å². The normalized spacial score (nSPS) is 14.1. The monoisotopic (exact) mass is 485 g/mol. The number of amides is 1. The number of halogens is 1. The molecule has 1 amide bonds. The zero-order valence-corrected chi connectivity index (χ0v) is 18.3. The Labute approximate surface area is 179 Å². The molecule has 1 saturated heterocycles. The van der Waals surface area contributed by atoms with Gasteiger partial charge in [0.05, 0.1) is 21.9 Å². The van der Waals surface area contributed by atoms with Gasteiger partial charge in [-0.25, -0.2) is 0 Å². The lowest BCUT2D eigenvalue weighted by molar-refractivity contribution is -0.384. The molecule has 1 aromatic heterocycles. The molecule has 1 N–H and O–H groups in total. The minimum Gasteiger partial charge on any atom is -0.378 e. The molecule has 0 radical (unpaired) electrons. The largest absolute Gasteiger partial charge is 0.378 e. The first-order valence-corrected chi connectivity index (χ1v) is 11.5. The van der Waals surface area contributed by atoms with E-state index in [-0.39, 0.29) is 11.6 Å². The summed E-state index contributed by atoms with van der Waals surface area (Å²) in [5.41, 5.74) is 0.783. The Balaban J connectivity index is 1.54. The summed E-state index contributed by atoms with van der Waals surface area (Å²) >= 11 is 6.87. The van der Waals surface area contributed by atoms with Crippen LogP contribution in [0.5, 0.6) is 0 Å². The second-order valence-electron chi connectivity index (χ2n) is 6.07. The van der Waals surface area contributed by atoms with Crippen molar-refractivity contribution < 1.29 is 14.5 Å². The van der Waals surface area contributed by atoms with Gasteiger partial charge in [0.15, 0.2) is 0 Å². The topological polar surface area (TPSA) is 84.7 Å². The van der Waals surface area contributed by atoms with Crippen molar-refractivity contribution in [3.63, 3.8) is 0 Å². The number of anilines is 1. The average Bonchev–Trinajstić information content (AvgIpc) is 3.12. The molecule has 0 unspecified atom stereocenters. The number of carbonyl (C=O) groups is 1. The third-order valence-corrected chi connectivity index (χ3v) is 7.01. The van der Waals surface area contributed by atoms with Crippen LogP contribution in [0.2, 0.25) is 0 Å². The van der Waals surface area contributed by atoms with Crippen LogP contribution in [0, 0.1) is 10.1 Å². The van der Waals surface area contributed by atoms with Gasteiger partial charge in [0.2, 0.25) is 0 Å². The lowest BCUT2D eigenvalue weighted by Crippen LogP contribution is -2.36. The van der Waals surface area contributed by atoms with Gasteiger partial charge in [0, 0.05) is 47.6 Å². The fourth-order valence-corrected chi connectivity index (χ4v) is 5.28. The summed E-state index contributed by atoms with van der Waals surface area (Å²) in [6.07, 6.45) is 0. The molecule has 0 aliphatic carbocycles. The molecule has 1 fully saturated rings. The number of hydrogen-bond donors (Lipinski definition) is 1. The van der Waals surface area contributed by atoms with Gasteiger partial charge < -0.3 is 15.0 Å². The van der Waals surface area contributed by atoms with Gasteiger partial charge in [-0.2, -0.15) is 11.8 Å². The Hall–Kier alpha value is -1.62. The number of morpholine rings is 1. The highest BCUT2D eigenvalue weighted by Gasteiger charge is 2.23. The van der Waals surface area contributed by atoms with E-state index in [0.717, 1.165) is 15.3 Å². The van der Waals surface area contributed by atoms with Gasteiger partial charge in [0.1, 0.15) is 5.69 Å². The van der Waals surface area contributed by atoms with Crippen molar-refractivity contribution in [2.75, 3.05) is 43.5 Å². The van der Waals surface area contributed by atoms with Crippen LogP contribution in [0.3, 0.4) is 0 Å². The van der Waals surface area contributed by atoms with E-state index in [9.17, 15) is 14.9 Å². The van der Waals surface area contributed by atoms with Crippen LogP contribution in [-0.2, 0) is 10.5 Å². The molecule has 0 atom stereocenters. The number of carbonyl (C=O) groups excluding carboxylic acids is 1. The SMILES string of the molecule is O=C(NCCSCc1ccc(Br)s1)c1ccc(N2CCOCC2)c([N+](=O)[O-])c1. The molecule has 10 heteroatoms. The van der Waals surface area contributed by atoms with Crippen molar-refractivity contribution in [1.82, 2.24) is 5.32 Å². The molecule has 1 aliphatic rings. The number of thiophene rings is 1. The summed E-state index contributed by atoms with van der Waals surface area (Å²) in [5.74, 6) is 1.37. The van der Waals surface area contributed by atoms with E-state index in [1.807, 2.05) is 11.0 Å². The fraction of sp³-hybridized carbons (Fsp3) is 0.389. The zero-order chi connectivity index (χ0) is 19.9. The minimum atomic E-state index is -0.434. The first-order chi connectivity index (χ1) is 13.5. The Bertz CT molecular complexity index is 840. The highest BCUT2D eigenvalue weighted by molar-refractivity contribution is 9.11. The Morgan fingerprint density at radius 1 is 1.32 bits per heavy atom. The quantitative estimate of drug-likeness (QED) is 0.346. The molecule has 1 aliphatic heterocycles. The zero-order valence-electron chi connectivity index (χ0n) is 15.1. The van der Waals surface area contributed by atoms with Gasteiger partial charge in [-0.3, -0.25) is 14.9 Å². The van der Waals surface area contributed by atoms with E-state index in [1.54, 1.807) is 35.2 Å². The van der Waals surface area contributed by atoms with Crippen molar-refractivity contribution in [1.29, 1.82) is 0 Å². The van der Waals surface area contributed by atoms with Crippen LogP contribution in [-0.4, -0.2) is 49.4 Å². The van der Waals surface area contributed by atoms with Gasteiger partial charge in [-0.15, -0.1) is 11.3 Å². The second kappa shape index (κ2) is 10.2. The molecule has 3 rings (SSSR count). The standard InChI is InChI=1S/C18H20BrN3O4S2/c19-17-4-2-14(28-17)12-27-10-5-20-18(23)13-1-3-15(16(11-13)22(24)25)21-6-8-26-9-7-21/h1-4,11H,5-10,12H2,(H,20,23). The van der Waals surface area contributed by atoms with Gasteiger partial charge >= 0.3 is 0 Å². The van der Waals surface area contributed by atoms with Gasteiger partial charge in [-0.05, 0) is 40.2 Å². The molecule has 150 valence electrons. The Morgan fingerprint density at radius 2 is 2.11 bits per heavy atom. The number of rotatable bonds is 8. The van der Waals surface area contributed by atoms with Crippen LogP contribution >= 0.6 is 39.0 Å². The third-order valence-electron chi connectivity index (χ3n) is 4.19. The van der Waals surface area contributed by atoms with Crippen LogP contribution in [0.4, 0.5) is 11.4 Å². The number of thioether (sulfide) groups is 1. The van der Waals surface area contributed by atoms with Crippen LogP contribution in [0.25, 0.3) is 0 Å². The number of hydrogen-bond acceptors (Lipinski definition) is 7. The van der Waals surface area contributed by atoms with E-state index in [0.29, 0.717) is 44.1 Å². The van der Waals surface area contributed by atoms with E-state index in [1.165, 1.54) is 10.9 Å². The van der Waals surface area contributed by atoms with Gasteiger partial charge in [-0.1, -0.05) is 0 Å². The Morgan fingerprint density at radius 3 is 2.79 bits per heavy atom. The maximum absolute atomic E-state index is 12.4. The predicted octanol–water partition coefficient (Wildman–Crippen LogP) is 3.92. The number of benzene rings is 1. The Kier molecular flexibility index (Phi) is 7.72. The summed E-state index contributed by atoms with van der Waals surface area (Å²) < 4.78 is 6.41. The average molecular weight is 486 g/mol. The number of nitrogens with zero attached hydrogens (tertiary/aromatic N) is 2. The molecular weight excluding hydrogens is 466 g/mol. The maximum atomic E-state index is 12.4. The number of ether oxygens (including phenoxy) is 1. The summed E-state index contributed by atoms with van der Waals surface area (Å²) in [5, 5.41) is 14.3. The maximum Gasteiger partial charge on any atom is 0.293 e. The molecule has 28 heavy (non-hydrogen) atoms. The lowest BCUT2D eigenvalue weighted by atomic mass is 10.1. The van der Waals surface area contributed by atoms with Crippen LogP contribution < -0.4 is 10.2 Å². The lowest BCUT2D eigenvalue weighted by Gasteiger charge is -2.28. The third kappa shape index (κ3) is 5.69. The van der Waals surface area contributed by atoms with Crippen LogP contribution in [0.1, 0.15) is 15.2 Å². The molecule has 7 nitrogen and oxygen atoms in total. The molecule has 1 aromatic carbocycles. The van der Waals surface area contributed by atoms with Gasteiger partial charge in [0.25, 0.3) is 11.6 Å². The molecule has 0 spiro atoms. The summed E-state index contributed by atoms with van der Waals surface area (Å²) in [6, 6.07) is 8.76. The molecule has 2 heterocycles. The number of nitrogens with one attached hydrogen (secondary N) is 1. The van der Waals surface area contributed by atoms with Crippen molar-refractivity contribution in [3.05, 3.63) is 54.7 Å².